The van der Waals surface area contributed by atoms with E-state index in [4.69, 9.17) is 16.3 Å². The van der Waals surface area contributed by atoms with Crippen LogP contribution in [0.3, 0.4) is 0 Å². The van der Waals surface area contributed by atoms with Crippen molar-refractivity contribution in [3.63, 3.8) is 0 Å². The molecule has 32 heavy (non-hydrogen) atoms. The van der Waals surface area contributed by atoms with Crippen molar-refractivity contribution in [1.29, 1.82) is 0 Å². The van der Waals surface area contributed by atoms with Crippen LogP contribution in [-0.4, -0.2) is 92.4 Å². The van der Waals surface area contributed by atoms with E-state index >= 15 is 0 Å². The summed E-state index contributed by atoms with van der Waals surface area (Å²) in [6.45, 7) is 2.14. The highest BCUT2D eigenvalue weighted by Crippen LogP contribution is 2.30. The van der Waals surface area contributed by atoms with Crippen molar-refractivity contribution in [1.82, 2.24) is 10.6 Å². The van der Waals surface area contributed by atoms with Crippen LogP contribution in [0.25, 0.3) is 0 Å². The zero-order valence-corrected chi connectivity index (χ0v) is 20.3. The lowest BCUT2D eigenvalue weighted by Crippen LogP contribution is -2.65. The summed E-state index contributed by atoms with van der Waals surface area (Å²) in [5.41, 5.74) is 0.264. The maximum atomic E-state index is 12.9. The van der Waals surface area contributed by atoms with Gasteiger partial charge in [0, 0.05) is 22.6 Å². The number of hydrogen-bond acceptors (Lipinski definition) is 9. The average Bonchev–Trinajstić information content (AvgIpc) is 3.25. The summed E-state index contributed by atoms with van der Waals surface area (Å²) in [5.74, 6) is 0.434. The number of nitrogens with one attached hydrogen (secondary N) is 2. The standard InChI is InChI=1S/C21H31ClN2O6S2/c1-10(25)15(19-17(27)16(26)18(28)21(30-19)31-2)24-20(29)14-7-12(8-23-14)32-9-11-5-3-4-6-13(11)22/h3-6,10,12,14-19,21,23,25-28H,7-9H2,1-2H3,(H,24,29). The Labute approximate surface area is 201 Å². The maximum absolute atomic E-state index is 12.9. The molecule has 2 aliphatic rings. The molecule has 0 aromatic heterocycles. The van der Waals surface area contributed by atoms with Crippen molar-refractivity contribution in [2.75, 3.05) is 12.8 Å². The summed E-state index contributed by atoms with van der Waals surface area (Å²) >= 11 is 9.12. The largest absolute Gasteiger partial charge is 0.391 e. The minimum Gasteiger partial charge on any atom is -0.391 e. The lowest BCUT2D eigenvalue weighted by molar-refractivity contribution is -0.211. The molecule has 9 atom stereocenters. The van der Waals surface area contributed by atoms with Crippen LogP contribution in [0.4, 0.5) is 0 Å². The van der Waals surface area contributed by atoms with E-state index in [0.717, 1.165) is 16.3 Å². The van der Waals surface area contributed by atoms with E-state index in [-0.39, 0.29) is 11.2 Å². The van der Waals surface area contributed by atoms with Crippen molar-refractivity contribution in [3.8, 4) is 0 Å². The molecule has 9 unspecified atom stereocenters. The molecule has 2 fully saturated rings. The van der Waals surface area contributed by atoms with E-state index in [1.165, 1.54) is 18.7 Å². The third-order valence-electron chi connectivity index (χ3n) is 5.86. The summed E-state index contributed by atoms with van der Waals surface area (Å²) in [6, 6.07) is 6.27. The Hall–Kier alpha value is -0.560. The molecule has 2 heterocycles. The van der Waals surface area contributed by atoms with E-state index in [2.05, 4.69) is 10.6 Å². The number of aliphatic hydroxyl groups excluding tert-OH is 4. The Kier molecular flexibility index (Phi) is 9.54. The number of carbonyl (C=O) groups is 1. The Morgan fingerprint density at radius 2 is 2.00 bits per heavy atom. The van der Waals surface area contributed by atoms with E-state index < -0.39 is 48.0 Å². The smallest absolute Gasteiger partial charge is 0.237 e. The number of carbonyl (C=O) groups excluding carboxylic acids is 1. The van der Waals surface area contributed by atoms with E-state index in [9.17, 15) is 25.2 Å². The van der Waals surface area contributed by atoms with Crippen LogP contribution in [0.2, 0.25) is 5.02 Å². The SMILES string of the molecule is CSC1OC(C(NC(=O)C2CC(SCc3ccccc3Cl)CN2)C(C)O)C(O)C(O)C1O. The second-order valence-corrected chi connectivity index (χ2v) is 10.8. The van der Waals surface area contributed by atoms with Crippen molar-refractivity contribution in [2.24, 2.45) is 0 Å². The fraction of sp³-hybridized carbons (Fsp3) is 0.667. The molecular formula is C21H31ClN2O6S2. The van der Waals surface area contributed by atoms with Gasteiger partial charge in [-0.15, -0.1) is 11.8 Å². The number of amides is 1. The zero-order valence-electron chi connectivity index (χ0n) is 17.9. The van der Waals surface area contributed by atoms with Gasteiger partial charge in [0.15, 0.2) is 0 Å². The predicted octanol–water partition coefficient (Wildman–Crippen LogP) is 0.340. The molecule has 11 heteroatoms. The number of benzene rings is 1. The third kappa shape index (κ3) is 6.11. The molecule has 2 aliphatic heterocycles. The van der Waals surface area contributed by atoms with Crippen molar-refractivity contribution >= 4 is 41.0 Å². The van der Waals surface area contributed by atoms with E-state index in [0.29, 0.717) is 13.0 Å². The molecule has 2 saturated heterocycles. The molecule has 0 aliphatic carbocycles. The molecule has 0 radical (unpaired) electrons. The van der Waals surface area contributed by atoms with Crippen LogP contribution in [0.1, 0.15) is 18.9 Å². The molecule has 6 N–H and O–H groups in total. The zero-order chi connectivity index (χ0) is 23.4. The second-order valence-electron chi connectivity index (χ2n) is 8.17. The molecule has 1 aromatic carbocycles. The minimum absolute atomic E-state index is 0.224. The highest BCUT2D eigenvalue weighted by molar-refractivity contribution is 7.99. The molecular weight excluding hydrogens is 476 g/mol. The van der Waals surface area contributed by atoms with Gasteiger partial charge in [-0.25, -0.2) is 0 Å². The molecule has 0 bridgehead atoms. The first-order valence-electron chi connectivity index (χ1n) is 10.5. The lowest BCUT2D eigenvalue weighted by Gasteiger charge is -2.44. The second kappa shape index (κ2) is 11.7. The van der Waals surface area contributed by atoms with Gasteiger partial charge < -0.3 is 35.8 Å². The first-order chi connectivity index (χ1) is 15.2. The van der Waals surface area contributed by atoms with Crippen LogP contribution in [0.5, 0.6) is 0 Å². The van der Waals surface area contributed by atoms with Gasteiger partial charge >= 0.3 is 0 Å². The van der Waals surface area contributed by atoms with Crippen LogP contribution in [-0.2, 0) is 15.3 Å². The average molecular weight is 507 g/mol. The summed E-state index contributed by atoms with van der Waals surface area (Å²) < 4.78 is 5.73. The Morgan fingerprint density at radius 3 is 2.66 bits per heavy atom. The minimum atomic E-state index is -1.45. The fourth-order valence-corrected chi connectivity index (χ4v) is 6.13. The molecule has 1 aromatic rings. The molecule has 8 nitrogen and oxygen atoms in total. The molecule has 3 rings (SSSR count). The van der Waals surface area contributed by atoms with Crippen molar-refractivity contribution in [3.05, 3.63) is 34.9 Å². The first kappa shape index (κ1) is 26.1. The number of halogens is 1. The lowest BCUT2D eigenvalue weighted by atomic mass is 9.92. The van der Waals surface area contributed by atoms with Crippen LogP contribution in [0, 0.1) is 0 Å². The number of thioether (sulfide) groups is 2. The fourth-order valence-electron chi connectivity index (χ4n) is 3.96. The van der Waals surface area contributed by atoms with Gasteiger partial charge in [0.2, 0.25) is 5.91 Å². The van der Waals surface area contributed by atoms with E-state index in [1.807, 2.05) is 24.3 Å². The summed E-state index contributed by atoms with van der Waals surface area (Å²) in [4.78, 5) is 12.9. The Bertz CT molecular complexity index is 774. The molecule has 180 valence electrons. The number of hydrogen-bond donors (Lipinski definition) is 6. The quantitative estimate of drug-likeness (QED) is 0.295. The van der Waals surface area contributed by atoms with Gasteiger partial charge in [0.1, 0.15) is 29.9 Å². The highest BCUT2D eigenvalue weighted by Gasteiger charge is 2.48. The van der Waals surface area contributed by atoms with Crippen LogP contribution >= 0.6 is 35.1 Å². The van der Waals surface area contributed by atoms with E-state index in [1.54, 1.807) is 18.0 Å². The Morgan fingerprint density at radius 1 is 1.28 bits per heavy atom. The molecule has 0 spiro atoms. The van der Waals surface area contributed by atoms with Gasteiger partial charge in [-0.2, -0.15) is 11.8 Å². The van der Waals surface area contributed by atoms with Crippen LogP contribution in [0.15, 0.2) is 24.3 Å². The van der Waals surface area contributed by atoms with Gasteiger partial charge in [-0.1, -0.05) is 29.8 Å². The number of aliphatic hydroxyl groups is 4. The summed E-state index contributed by atoms with van der Waals surface area (Å²) in [5, 5.41) is 47.9. The van der Waals surface area contributed by atoms with Gasteiger partial charge in [0.25, 0.3) is 0 Å². The van der Waals surface area contributed by atoms with Gasteiger partial charge in [-0.3, -0.25) is 4.79 Å². The number of ether oxygens (including phenoxy) is 1. The maximum Gasteiger partial charge on any atom is 0.237 e. The van der Waals surface area contributed by atoms with Crippen molar-refractivity contribution < 1.29 is 30.0 Å². The van der Waals surface area contributed by atoms with Crippen LogP contribution < -0.4 is 10.6 Å². The highest BCUT2D eigenvalue weighted by atomic mass is 35.5. The Balaban J connectivity index is 1.57. The topological polar surface area (TPSA) is 131 Å². The predicted molar refractivity (Wildman–Crippen MR) is 127 cm³/mol. The molecule has 0 saturated carbocycles. The van der Waals surface area contributed by atoms with Gasteiger partial charge in [-0.05, 0) is 31.2 Å². The summed E-state index contributed by atoms with van der Waals surface area (Å²) in [6.07, 6.45) is -3.97. The monoisotopic (exact) mass is 506 g/mol. The normalized spacial score (nSPS) is 34.8. The summed E-state index contributed by atoms with van der Waals surface area (Å²) in [7, 11) is 0. The van der Waals surface area contributed by atoms with Crippen molar-refractivity contribution in [2.45, 2.75) is 72.4 Å². The number of rotatable bonds is 8. The third-order valence-corrected chi connectivity index (χ3v) is 8.39. The first-order valence-corrected chi connectivity index (χ1v) is 13.2. The van der Waals surface area contributed by atoms with Gasteiger partial charge in [0.05, 0.1) is 18.2 Å². The molecule has 1 amide bonds.